The Morgan fingerprint density at radius 3 is 2.73 bits per heavy atom. The second-order valence-corrected chi connectivity index (χ2v) is 4.76. The molecule has 0 spiro atoms. The minimum absolute atomic E-state index is 0.154. The minimum Gasteiger partial charge on any atom is -0.483 e. The number of alkyl halides is 3. The molecule has 0 atom stereocenters. The van der Waals surface area contributed by atoms with E-state index in [2.05, 4.69) is 5.32 Å². The third-order valence-corrected chi connectivity index (χ3v) is 3.21. The molecule has 5 nitrogen and oxygen atoms in total. The molecule has 1 aromatic rings. The quantitative estimate of drug-likeness (QED) is 0.918. The molecule has 22 heavy (non-hydrogen) atoms. The van der Waals surface area contributed by atoms with Crippen LogP contribution in [0.4, 0.5) is 13.2 Å². The zero-order valence-electron chi connectivity index (χ0n) is 11.7. The van der Waals surface area contributed by atoms with Crippen molar-refractivity contribution in [1.82, 2.24) is 10.2 Å². The van der Waals surface area contributed by atoms with Crippen molar-refractivity contribution < 1.29 is 27.5 Å². The number of nitrogens with one attached hydrogen (secondary N) is 1. The minimum atomic E-state index is -4.54. The van der Waals surface area contributed by atoms with Crippen molar-refractivity contribution in [1.29, 1.82) is 0 Å². The number of carbonyl (C=O) groups excluding carboxylic acids is 2. The number of hydrogen-bond donors (Lipinski definition) is 1. The summed E-state index contributed by atoms with van der Waals surface area (Å²) in [4.78, 5) is 24.5. The smallest absolute Gasteiger partial charge is 0.419 e. The van der Waals surface area contributed by atoms with Crippen molar-refractivity contribution in [3.63, 3.8) is 0 Å². The lowest BCUT2D eigenvalue weighted by Gasteiger charge is -2.20. The molecular weight excluding hydrogens is 301 g/mol. The Bertz CT molecular complexity index is 561. The second-order valence-electron chi connectivity index (χ2n) is 4.76. The predicted octanol–water partition coefficient (Wildman–Crippen LogP) is 1.43. The van der Waals surface area contributed by atoms with Crippen molar-refractivity contribution in [3.05, 3.63) is 29.8 Å². The Morgan fingerprint density at radius 2 is 2.00 bits per heavy atom. The summed E-state index contributed by atoms with van der Waals surface area (Å²) in [5, 5.41) is 2.61. The number of amides is 2. The molecular formula is C14H15F3N2O3. The van der Waals surface area contributed by atoms with Gasteiger partial charge in [0.15, 0.2) is 6.61 Å². The second kappa shape index (κ2) is 6.67. The number of benzene rings is 1. The number of carbonyl (C=O) groups is 2. The molecule has 1 fully saturated rings. The first-order chi connectivity index (χ1) is 10.4. The van der Waals surface area contributed by atoms with Crippen LogP contribution in [0.5, 0.6) is 5.75 Å². The number of ether oxygens (including phenoxy) is 1. The molecule has 0 aromatic heterocycles. The maximum atomic E-state index is 12.8. The van der Waals surface area contributed by atoms with Crippen LogP contribution in [-0.2, 0) is 15.8 Å². The molecule has 1 heterocycles. The van der Waals surface area contributed by atoms with Gasteiger partial charge in [0.1, 0.15) is 5.75 Å². The van der Waals surface area contributed by atoms with E-state index >= 15 is 0 Å². The van der Waals surface area contributed by atoms with E-state index in [1.165, 1.54) is 23.1 Å². The number of hydrogen-bond acceptors (Lipinski definition) is 3. The van der Waals surface area contributed by atoms with Crippen molar-refractivity contribution in [2.75, 3.05) is 26.2 Å². The first-order valence-corrected chi connectivity index (χ1v) is 6.71. The van der Waals surface area contributed by atoms with E-state index in [-0.39, 0.29) is 24.6 Å². The average Bonchev–Trinajstić information content (AvgIpc) is 2.69. The number of halogens is 3. The zero-order chi connectivity index (χ0) is 16.2. The first kappa shape index (κ1) is 16.1. The van der Waals surface area contributed by atoms with Crippen molar-refractivity contribution >= 4 is 11.8 Å². The van der Waals surface area contributed by atoms with Gasteiger partial charge >= 0.3 is 6.18 Å². The van der Waals surface area contributed by atoms with Gasteiger partial charge in [-0.2, -0.15) is 13.2 Å². The maximum Gasteiger partial charge on any atom is 0.419 e. The highest BCUT2D eigenvalue weighted by atomic mass is 19.4. The van der Waals surface area contributed by atoms with Gasteiger partial charge in [-0.1, -0.05) is 12.1 Å². The number of nitrogens with zero attached hydrogens (tertiary/aromatic N) is 1. The lowest BCUT2D eigenvalue weighted by molar-refractivity contribution is -0.141. The molecule has 0 saturated carbocycles. The first-order valence-electron chi connectivity index (χ1n) is 6.71. The van der Waals surface area contributed by atoms with Gasteiger partial charge in [0.2, 0.25) is 5.91 Å². The van der Waals surface area contributed by atoms with Crippen LogP contribution < -0.4 is 10.1 Å². The third kappa shape index (κ3) is 4.12. The normalized spacial score (nSPS) is 16.0. The van der Waals surface area contributed by atoms with Crippen LogP contribution in [0, 0.1) is 0 Å². The van der Waals surface area contributed by atoms with E-state index in [4.69, 9.17) is 4.74 Å². The van der Waals surface area contributed by atoms with Crippen molar-refractivity contribution in [2.45, 2.75) is 12.6 Å². The van der Waals surface area contributed by atoms with Crippen LogP contribution >= 0.6 is 0 Å². The van der Waals surface area contributed by atoms with Crippen LogP contribution in [0.2, 0.25) is 0 Å². The van der Waals surface area contributed by atoms with E-state index in [1.807, 2.05) is 0 Å². The van der Waals surface area contributed by atoms with Gasteiger partial charge < -0.3 is 15.0 Å². The van der Waals surface area contributed by atoms with E-state index in [0.29, 0.717) is 13.1 Å². The summed E-state index contributed by atoms with van der Waals surface area (Å²) in [6.07, 6.45) is -4.37. The molecule has 1 aliphatic rings. The molecule has 120 valence electrons. The monoisotopic (exact) mass is 316 g/mol. The van der Waals surface area contributed by atoms with Gasteiger partial charge in [0, 0.05) is 26.1 Å². The lowest BCUT2D eigenvalue weighted by atomic mass is 10.2. The third-order valence-electron chi connectivity index (χ3n) is 3.21. The van der Waals surface area contributed by atoms with Crippen LogP contribution in [0.1, 0.15) is 12.0 Å². The number of rotatable bonds is 3. The van der Waals surface area contributed by atoms with Crippen LogP contribution in [0.25, 0.3) is 0 Å². The molecule has 1 saturated heterocycles. The van der Waals surface area contributed by atoms with E-state index < -0.39 is 24.3 Å². The largest absolute Gasteiger partial charge is 0.483 e. The summed E-state index contributed by atoms with van der Waals surface area (Å²) in [5.74, 6) is -0.987. The van der Waals surface area contributed by atoms with Gasteiger partial charge in [-0.15, -0.1) is 0 Å². The predicted molar refractivity (Wildman–Crippen MR) is 71.1 cm³/mol. The number of para-hydroxylation sites is 1. The van der Waals surface area contributed by atoms with Gasteiger partial charge in [0.25, 0.3) is 5.91 Å². The fraction of sp³-hybridized carbons (Fsp3) is 0.429. The standard InChI is InChI=1S/C14H15F3N2O3/c15-14(16,17)10-3-1-2-4-11(10)22-9-13(21)19-7-5-12(20)18-6-8-19/h1-4H,5-9H2,(H,18,20). The van der Waals surface area contributed by atoms with Crippen LogP contribution in [0.15, 0.2) is 24.3 Å². The fourth-order valence-electron chi connectivity index (χ4n) is 2.07. The lowest BCUT2D eigenvalue weighted by Crippen LogP contribution is -2.37. The Morgan fingerprint density at radius 1 is 1.27 bits per heavy atom. The molecule has 1 N–H and O–H groups in total. The van der Waals surface area contributed by atoms with Gasteiger partial charge in [0.05, 0.1) is 5.56 Å². The average molecular weight is 316 g/mol. The van der Waals surface area contributed by atoms with Crippen molar-refractivity contribution in [2.24, 2.45) is 0 Å². The highest BCUT2D eigenvalue weighted by Gasteiger charge is 2.34. The van der Waals surface area contributed by atoms with E-state index in [0.717, 1.165) is 6.07 Å². The Kier molecular flexibility index (Phi) is 4.89. The SMILES string of the molecule is O=C1CCN(C(=O)COc2ccccc2C(F)(F)F)CCN1. The zero-order valence-corrected chi connectivity index (χ0v) is 11.7. The molecule has 0 aliphatic carbocycles. The molecule has 0 unspecified atom stereocenters. The van der Waals surface area contributed by atoms with Gasteiger partial charge in [-0.25, -0.2) is 0 Å². The summed E-state index contributed by atoms with van der Waals surface area (Å²) in [6.45, 7) is 0.370. The molecule has 1 aliphatic heterocycles. The topological polar surface area (TPSA) is 58.6 Å². The Labute approximate surface area is 125 Å². The summed E-state index contributed by atoms with van der Waals surface area (Å²) in [7, 11) is 0. The van der Waals surface area contributed by atoms with Gasteiger partial charge in [-0.05, 0) is 12.1 Å². The van der Waals surface area contributed by atoms with E-state index in [9.17, 15) is 22.8 Å². The van der Waals surface area contributed by atoms with Crippen LogP contribution in [-0.4, -0.2) is 43.0 Å². The summed E-state index contributed by atoms with van der Waals surface area (Å²) in [6, 6.07) is 4.73. The molecule has 0 radical (unpaired) electrons. The molecule has 8 heteroatoms. The van der Waals surface area contributed by atoms with Crippen molar-refractivity contribution in [3.8, 4) is 5.75 Å². The van der Waals surface area contributed by atoms with Gasteiger partial charge in [-0.3, -0.25) is 9.59 Å². The van der Waals surface area contributed by atoms with E-state index in [1.54, 1.807) is 0 Å². The maximum absolute atomic E-state index is 12.8. The Balaban J connectivity index is 1.98. The van der Waals surface area contributed by atoms with Crippen LogP contribution in [0.3, 0.4) is 0 Å². The summed E-state index contributed by atoms with van der Waals surface area (Å²) in [5.41, 5.74) is -0.921. The summed E-state index contributed by atoms with van der Waals surface area (Å²) < 4.78 is 43.4. The molecule has 1 aromatic carbocycles. The summed E-state index contributed by atoms with van der Waals surface area (Å²) >= 11 is 0. The molecule has 2 amide bonds. The molecule has 0 bridgehead atoms. The fourth-order valence-corrected chi connectivity index (χ4v) is 2.07. The Hall–Kier alpha value is -2.25. The highest BCUT2D eigenvalue weighted by Crippen LogP contribution is 2.35. The molecule has 2 rings (SSSR count). The highest BCUT2D eigenvalue weighted by molar-refractivity contribution is 5.81.